The topological polar surface area (TPSA) is 67.9 Å². The zero-order chi connectivity index (χ0) is 18.3. The van der Waals surface area contributed by atoms with Crippen molar-refractivity contribution in [3.8, 4) is 11.5 Å². The van der Waals surface area contributed by atoms with Crippen molar-refractivity contribution in [2.45, 2.75) is 6.42 Å². The summed E-state index contributed by atoms with van der Waals surface area (Å²) < 4.78 is 37.4. The quantitative estimate of drug-likeness (QED) is 0.914. The average Bonchev–Trinajstić information content (AvgIpc) is 3.21. The SMILES string of the molecule is O=C(Nc1ccc2c(c1)OCO2)C1CC(=O)N(c2ccc(F)cc2F)C1. The van der Waals surface area contributed by atoms with E-state index in [2.05, 4.69) is 5.32 Å². The summed E-state index contributed by atoms with van der Waals surface area (Å²) in [6, 6.07) is 7.96. The Hall–Kier alpha value is -3.16. The molecule has 0 spiro atoms. The maximum Gasteiger partial charge on any atom is 0.231 e. The number of amides is 2. The monoisotopic (exact) mass is 360 g/mol. The molecule has 1 unspecified atom stereocenters. The van der Waals surface area contributed by atoms with E-state index in [1.54, 1.807) is 18.2 Å². The van der Waals surface area contributed by atoms with Gasteiger partial charge in [-0.05, 0) is 24.3 Å². The second-order valence-corrected chi connectivity index (χ2v) is 6.06. The molecule has 1 atom stereocenters. The summed E-state index contributed by atoms with van der Waals surface area (Å²) in [4.78, 5) is 25.8. The van der Waals surface area contributed by atoms with Crippen LogP contribution < -0.4 is 19.7 Å². The highest BCUT2D eigenvalue weighted by Gasteiger charge is 2.36. The van der Waals surface area contributed by atoms with Crippen LogP contribution in [0.1, 0.15) is 6.42 Å². The van der Waals surface area contributed by atoms with Crippen LogP contribution >= 0.6 is 0 Å². The van der Waals surface area contributed by atoms with Crippen LogP contribution in [0, 0.1) is 17.6 Å². The van der Waals surface area contributed by atoms with Gasteiger partial charge in [0.1, 0.15) is 11.6 Å². The highest BCUT2D eigenvalue weighted by atomic mass is 19.1. The lowest BCUT2D eigenvalue weighted by molar-refractivity contribution is -0.122. The molecule has 0 bridgehead atoms. The Balaban J connectivity index is 1.47. The van der Waals surface area contributed by atoms with Crippen LogP contribution in [-0.4, -0.2) is 25.2 Å². The molecule has 2 aliphatic rings. The van der Waals surface area contributed by atoms with Gasteiger partial charge in [0.05, 0.1) is 11.6 Å². The van der Waals surface area contributed by atoms with E-state index in [9.17, 15) is 18.4 Å². The van der Waals surface area contributed by atoms with Crippen LogP contribution in [0.2, 0.25) is 0 Å². The Kier molecular flexibility index (Phi) is 3.95. The molecule has 0 saturated carbocycles. The molecule has 0 aliphatic carbocycles. The fourth-order valence-electron chi connectivity index (χ4n) is 3.03. The number of benzene rings is 2. The third-order valence-corrected chi connectivity index (χ3v) is 4.34. The van der Waals surface area contributed by atoms with Gasteiger partial charge in [0.15, 0.2) is 11.5 Å². The van der Waals surface area contributed by atoms with Crippen molar-refractivity contribution in [1.29, 1.82) is 0 Å². The number of nitrogens with zero attached hydrogens (tertiary/aromatic N) is 1. The molecule has 1 fully saturated rings. The number of rotatable bonds is 3. The number of nitrogens with one attached hydrogen (secondary N) is 1. The zero-order valence-electron chi connectivity index (χ0n) is 13.5. The van der Waals surface area contributed by atoms with Crippen LogP contribution in [0.3, 0.4) is 0 Å². The summed E-state index contributed by atoms with van der Waals surface area (Å²) in [6.07, 6.45) is -0.0484. The summed E-state index contributed by atoms with van der Waals surface area (Å²) in [7, 11) is 0. The largest absolute Gasteiger partial charge is 0.454 e. The summed E-state index contributed by atoms with van der Waals surface area (Å²) in [5.74, 6) is -1.83. The normalized spacial score (nSPS) is 18.3. The smallest absolute Gasteiger partial charge is 0.231 e. The van der Waals surface area contributed by atoms with E-state index in [0.29, 0.717) is 23.3 Å². The first-order valence-electron chi connectivity index (χ1n) is 7.97. The lowest BCUT2D eigenvalue weighted by atomic mass is 10.1. The van der Waals surface area contributed by atoms with Crippen LogP contribution in [0.5, 0.6) is 11.5 Å². The average molecular weight is 360 g/mol. The first-order chi connectivity index (χ1) is 12.5. The summed E-state index contributed by atoms with van der Waals surface area (Å²) >= 11 is 0. The summed E-state index contributed by atoms with van der Waals surface area (Å²) in [5, 5.41) is 2.72. The van der Waals surface area contributed by atoms with Crippen molar-refractivity contribution >= 4 is 23.2 Å². The maximum atomic E-state index is 13.9. The first-order valence-corrected chi connectivity index (χ1v) is 7.97. The van der Waals surface area contributed by atoms with Gasteiger partial charge >= 0.3 is 0 Å². The number of ether oxygens (including phenoxy) is 2. The fourth-order valence-corrected chi connectivity index (χ4v) is 3.03. The number of carbonyl (C=O) groups is 2. The van der Waals surface area contributed by atoms with Gasteiger partial charge in [-0.1, -0.05) is 0 Å². The van der Waals surface area contributed by atoms with Crippen molar-refractivity contribution in [3.05, 3.63) is 48.0 Å². The molecule has 6 nitrogen and oxygen atoms in total. The predicted molar refractivity (Wildman–Crippen MR) is 88.0 cm³/mol. The van der Waals surface area contributed by atoms with Gasteiger partial charge in [0.2, 0.25) is 18.6 Å². The second-order valence-electron chi connectivity index (χ2n) is 6.06. The lowest BCUT2D eigenvalue weighted by Crippen LogP contribution is -2.28. The van der Waals surface area contributed by atoms with E-state index < -0.39 is 17.6 Å². The molecule has 2 heterocycles. The summed E-state index contributed by atoms with van der Waals surface area (Å²) in [6.45, 7) is 0.153. The van der Waals surface area contributed by atoms with Gasteiger partial charge < -0.3 is 19.7 Å². The van der Waals surface area contributed by atoms with E-state index in [4.69, 9.17) is 9.47 Å². The molecule has 1 saturated heterocycles. The van der Waals surface area contributed by atoms with Crippen LogP contribution in [0.4, 0.5) is 20.2 Å². The van der Waals surface area contributed by atoms with Gasteiger partial charge in [-0.15, -0.1) is 0 Å². The molecule has 2 aromatic rings. The Morgan fingerprint density at radius 3 is 2.73 bits per heavy atom. The molecule has 4 rings (SSSR count). The van der Waals surface area contributed by atoms with Crippen molar-refractivity contribution in [1.82, 2.24) is 0 Å². The fraction of sp³-hybridized carbons (Fsp3) is 0.222. The number of hydrogen-bond acceptors (Lipinski definition) is 4. The van der Waals surface area contributed by atoms with Gasteiger partial charge in [-0.25, -0.2) is 8.78 Å². The molecule has 2 aliphatic heterocycles. The third kappa shape index (κ3) is 2.94. The molecule has 8 heteroatoms. The van der Waals surface area contributed by atoms with Crippen LogP contribution in [0.25, 0.3) is 0 Å². The molecule has 0 aromatic heterocycles. The molecular formula is C18H14F2N2O4. The Morgan fingerprint density at radius 1 is 1.12 bits per heavy atom. The molecule has 2 amide bonds. The molecular weight excluding hydrogens is 346 g/mol. The maximum absolute atomic E-state index is 13.9. The first kappa shape index (κ1) is 16.3. The van der Waals surface area contributed by atoms with E-state index in [-0.39, 0.29) is 37.3 Å². The minimum Gasteiger partial charge on any atom is -0.454 e. The molecule has 134 valence electrons. The van der Waals surface area contributed by atoms with Crippen molar-refractivity contribution in [2.75, 3.05) is 23.6 Å². The van der Waals surface area contributed by atoms with E-state index in [0.717, 1.165) is 6.07 Å². The van der Waals surface area contributed by atoms with Crippen molar-refractivity contribution in [2.24, 2.45) is 5.92 Å². The van der Waals surface area contributed by atoms with Gasteiger partial charge in [0, 0.05) is 30.8 Å². The van der Waals surface area contributed by atoms with E-state index in [1.807, 2.05) is 0 Å². The zero-order valence-corrected chi connectivity index (χ0v) is 13.5. The van der Waals surface area contributed by atoms with Crippen molar-refractivity contribution < 1.29 is 27.8 Å². The molecule has 26 heavy (non-hydrogen) atoms. The Bertz CT molecular complexity index is 903. The number of carbonyl (C=O) groups excluding carboxylic acids is 2. The van der Waals surface area contributed by atoms with Crippen LogP contribution in [-0.2, 0) is 9.59 Å². The minimum absolute atomic E-state index is 0.0256. The van der Waals surface area contributed by atoms with Gasteiger partial charge in [-0.2, -0.15) is 0 Å². The Morgan fingerprint density at radius 2 is 1.92 bits per heavy atom. The number of halogens is 2. The third-order valence-electron chi connectivity index (χ3n) is 4.34. The van der Waals surface area contributed by atoms with Crippen LogP contribution in [0.15, 0.2) is 36.4 Å². The predicted octanol–water partition coefficient (Wildman–Crippen LogP) is 2.69. The van der Waals surface area contributed by atoms with Gasteiger partial charge in [0.25, 0.3) is 0 Å². The standard InChI is InChI=1S/C18H14F2N2O4/c19-11-1-3-14(13(20)6-11)22-8-10(5-17(22)23)18(24)21-12-2-4-15-16(7-12)26-9-25-15/h1-4,6-7,10H,5,8-9H2,(H,21,24). The molecule has 2 aromatic carbocycles. The molecule has 0 radical (unpaired) electrons. The second kappa shape index (κ2) is 6.29. The highest BCUT2D eigenvalue weighted by Crippen LogP contribution is 2.35. The van der Waals surface area contributed by atoms with E-state index >= 15 is 0 Å². The molecule has 1 N–H and O–H groups in total. The lowest BCUT2D eigenvalue weighted by Gasteiger charge is -2.17. The van der Waals surface area contributed by atoms with Crippen molar-refractivity contribution in [3.63, 3.8) is 0 Å². The van der Waals surface area contributed by atoms with Gasteiger partial charge in [-0.3, -0.25) is 9.59 Å². The highest BCUT2D eigenvalue weighted by molar-refractivity contribution is 6.03. The number of anilines is 2. The Labute approximate surface area is 147 Å². The summed E-state index contributed by atoms with van der Waals surface area (Å²) in [5.41, 5.74) is 0.480. The number of hydrogen-bond donors (Lipinski definition) is 1. The van der Waals surface area contributed by atoms with E-state index in [1.165, 1.54) is 11.0 Å². The minimum atomic E-state index is -0.838. The number of fused-ring (bicyclic) bond motifs is 1.